The normalized spacial score (nSPS) is 23.3. The van der Waals surface area contributed by atoms with Crippen molar-refractivity contribution in [2.75, 3.05) is 6.61 Å². The van der Waals surface area contributed by atoms with E-state index in [0.717, 1.165) is 55.6 Å². The monoisotopic (exact) mass is 697 g/mol. The molecule has 8 nitrogen and oxygen atoms in total. The summed E-state index contributed by atoms with van der Waals surface area (Å²) in [6.45, 7) is 0.251. The molecule has 4 heterocycles. The van der Waals surface area contributed by atoms with Gasteiger partial charge in [0.05, 0.1) is 35.9 Å². The van der Waals surface area contributed by atoms with Crippen LogP contribution in [-0.4, -0.2) is 49.1 Å². The van der Waals surface area contributed by atoms with Gasteiger partial charge in [-0.25, -0.2) is 18.9 Å². The molecule has 2 aliphatic carbocycles. The standard InChI is InChI=1S/C44H49N4O4/c49-26-29-15-17-30(18-16-29)42(50)22-38-34-13-7-8-14-35(34)41-25-46(28-48(38)41)33-19-20-36-37(21-33)39(47-27-45-24-40(36)47)23-43(31-9-3-1-4-10-31)52-44(51)32-11-5-2-6-12-32/h2,5-8,11-14,19-21,24-25,27-31,38-39,42-43,49-50H,1,3-4,9-10,15-18,22-23,26H2/q+1. The van der Waals surface area contributed by atoms with E-state index >= 15 is 0 Å². The van der Waals surface area contributed by atoms with Gasteiger partial charge in [0.15, 0.2) is 5.69 Å². The number of nitrogens with zero attached hydrogens (tertiary/aromatic N) is 4. The number of esters is 1. The summed E-state index contributed by atoms with van der Waals surface area (Å²) in [5.41, 5.74) is 8.85. The van der Waals surface area contributed by atoms with Gasteiger partial charge in [-0.3, -0.25) is 0 Å². The Morgan fingerprint density at radius 1 is 0.865 bits per heavy atom. The van der Waals surface area contributed by atoms with Crippen LogP contribution in [0, 0.1) is 17.8 Å². The van der Waals surface area contributed by atoms with Gasteiger partial charge in [0, 0.05) is 36.1 Å². The van der Waals surface area contributed by atoms with Crippen molar-refractivity contribution in [1.82, 2.24) is 14.1 Å². The maximum Gasteiger partial charge on any atom is 0.338 e. The van der Waals surface area contributed by atoms with Crippen molar-refractivity contribution in [3.63, 3.8) is 0 Å². The third-order valence-electron chi connectivity index (χ3n) is 12.7. The number of carbonyl (C=O) groups is 1. The predicted octanol–water partition coefficient (Wildman–Crippen LogP) is 7.85. The lowest BCUT2D eigenvalue weighted by molar-refractivity contribution is -0.699. The fourth-order valence-corrected chi connectivity index (χ4v) is 9.83. The first-order chi connectivity index (χ1) is 25.6. The summed E-state index contributed by atoms with van der Waals surface area (Å²) in [6, 6.07) is 24.8. The van der Waals surface area contributed by atoms with Crippen LogP contribution < -0.4 is 4.57 Å². The molecule has 0 bridgehead atoms. The van der Waals surface area contributed by atoms with E-state index in [1.807, 2.05) is 42.9 Å². The molecular formula is C44H49N4O4+. The Kier molecular flexibility index (Phi) is 9.05. The molecule has 0 amide bonds. The van der Waals surface area contributed by atoms with Crippen molar-refractivity contribution in [3.05, 3.63) is 115 Å². The number of rotatable bonds is 10. The Morgan fingerprint density at radius 2 is 1.65 bits per heavy atom. The zero-order valence-corrected chi connectivity index (χ0v) is 29.8. The molecule has 268 valence electrons. The van der Waals surface area contributed by atoms with E-state index in [4.69, 9.17) is 4.74 Å². The highest BCUT2D eigenvalue weighted by molar-refractivity contribution is 5.89. The van der Waals surface area contributed by atoms with Crippen LogP contribution >= 0.6 is 0 Å². The molecule has 2 aliphatic heterocycles. The average molecular weight is 698 g/mol. The Balaban J connectivity index is 1.02. The van der Waals surface area contributed by atoms with Crippen LogP contribution in [0.3, 0.4) is 0 Å². The summed E-state index contributed by atoms with van der Waals surface area (Å²) in [5, 5.41) is 21.2. The van der Waals surface area contributed by atoms with E-state index in [2.05, 4.69) is 73.7 Å². The highest BCUT2D eigenvalue weighted by atomic mass is 16.5. The minimum absolute atomic E-state index is 0.00237. The summed E-state index contributed by atoms with van der Waals surface area (Å²) in [4.78, 5) is 18.0. The van der Waals surface area contributed by atoms with E-state index in [1.165, 1.54) is 41.5 Å². The van der Waals surface area contributed by atoms with E-state index < -0.39 is 6.10 Å². The molecule has 52 heavy (non-hydrogen) atoms. The fourth-order valence-electron chi connectivity index (χ4n) is 9.83. The van der Waals surface area contributed by atoms with Gasteiger partial charge in [-0.05, 0) is 92.2 Å². The Bertz CT molecular complexity index is 2040. The molecule has 0 spiro atoms. The molecule has 0 saturated heterocycles. The van der Waals surface area contributed by atoms with Crippen LogP contribution in [-0.2, 0) is 4.74 Å². The Morgan fingerprint density at radius 3 is 2.46 bits per heavy atom. The first-order valence-corrected chi connectivity index (χ1v) is 19.5. The van der Waals surface area contributed by atoms with Gasteiger partial charge in [0.25, 0.3) is 0 Å². The molecule has 4 aliphatic rings. The Hall–Kier alpha value is -4.53. The zero-order chi connectivity index (χ0) is 35.2. The van der Waals surface area contributed by atoms with Crippen molar-refractivity contribution in [2.24, 2.45) is 17.8 Å². The minimum Gasteiger partial charge on any atom is -0.458 e. The molecule has 0 radical (unpaired) electrons. The number of aliphatic hydroxyl groups excluding tert-OH is 2. The summed E-state index contributed by atoms with van der Waals surface area (Å²) >= 11 is 0. The number of ether oxygens (including phenoxy) is 1. The van der Waals surface area contributed by atoms with Gasteiger partial charge in [-0.2, -0.15) is 0 Å². The predicted molar refractivity (Wildman–Crippen MR) is 199 cm³/mol. The number of aliphatic hydroxyl groups is 2. The maximum atomic E-state index is 13.4. The van der Waals surface area contributed by atoms with Gasteiger partial charge >= 0.3 is 5.97 Å². The summed E-state index contributed by atoms with van der Waals surface area (Å²) in [6.07, 6.45) is 18.8. The first kappa shape index (κ1) is 33.3. The second kappa shape index (κ2) is 14.1. The van der Waals surface area contributed by atoms with E-state index in [9.17, 15) is 15.0 Å². The third kappa shape index (κ3) is 6.09. The van der Waals surface area contributed by atoms with Gasteiger partial charge in [-0.1, -0.05) is 61.7 Å². The van der Waals surface area contributed by atoms with Crippen molar-refractivity contribution >= 4 is 5.97 Å². The van der Waals surface area contributed by atoms with Crippen molar-refractivity contribution in [1.29, 1.82) is 0 Å². The Labute approximate surface area is 305 Å². The SMILES string of the molecule is O=C(OC(CC1c2cc(-n3cc4[n+](c3)C(CC(O)C3CCC(CO)CC3)c3ccccc3-4)ccc2-c2cncn21)C1CCCCC1)c1ccccc1. The molecule has 2 N–H and O–H groups in total. The minimum atomic E-state index is -0.392. The number of aromatic nitrogens is 4. The van der Waals surface area contributed by atoms with Crippen molar-refractivity contribution < 1.29 is 24.3 Å². The van der Waals surface area contributed by atoms with Crippen LogP contribution in [0.15, 0.2) is 97.8 Å². The number of carbonyl (C=O) groups excluding carboxylic acids is 1. The molecule has 2 fully saturated rings. The van der Waals surface area contributed by atoms with E-state index in [0.29, 0.717) is 30.2 Å². The van der Waals surface area contributed by atoms with E-state index in [-0.39, 0.29) is 36.7 Å². The number of hydrogen-bond acceptors (Lipinski definition) is 5. The van der Waals surface area contributed by atoms with E-state index in [1.54, 1.807) is 0 Å². The second-order valence-corrected chi connectivity index (χ2v) is 15.7. The number of fused-ring (bicyclic) bond motifs is 6. The fraction of sp³-hybridized carbons (Fsp3) is 0.432. The molecule has 5 aromatic rings. The number of hydrogen-bond donors (Lipinski definition) is 2. The third-order valence-corrected chi connectivity index (χ3v) is 12.7. The molecule has 2 saturated carbocycles. The summed E-state index contributed by atoms with van der Waals surface area (Å²) < 4.78 is 13.3. The smallest absolute Gasteiger partial charge is 0.338 e. The molecule has 4 atom stereocenters. The van der Waals surface area contributed by atoms with Crippen LogP contribution in [0.1, 0.15) is 104 Å². The molecular weight excluding hydrogens is 649 g/mol. The van der Waals surface area contributed by atoms with Gasteiger partial charge < -0.3 is 19.5 Å². The first-order valence-electron chi connectivity index (χ1n) is 19.5. The zero-order valence-electron chi connectivity index (χ0n) is 29.8. The lowest BCUT2D eigenvalue weighted by Crippen LogP contribution is -2.40. The van der Waals surface area contributed by atoms with Gasteiger partial charge in [0.1, 0.15) is 24.0 Å². The van der Waals surface area contributed by atoms with Crippen LogP contribution in [0.25, 0.3) is 28.2 Å². The molecule has 3 aromatic carbocycles. The van der Waals surface area contributed by atoms with Crippen molar-refractivity contribution in [2.45, 2.75) is 94.9 Å². The summed E-state index contributed by atoms with van der Waals surface area (Å²) in [5.74, 6) is 0.735. The molecule has 4 unspecified atom stereocenters. The highest BCUT2D eigenvalue weighted by Crippen LogP contribution is 2.45. The lowest BCUT2D eigenvalue weighted by Gasteiger charge is -2.32. The average Bonchev–Trinajstić information content (AvgIpc) is 3.98. The molecule has 2 aromatic heterocycles. The number of imidazole rings is 2. The molecule has 9 rings (SSSR count). The second-order valence-electron chi connectivity index (χ2n) is 15.7. The van der Waals surface area contributed by atoms with Gasteiger partial charge in [0.2, 0.25) is 6.33 Å². The van der Waals surface area contributed by atoms with Gasteiger partial charge in [-0.15, -0.1) is 0 Å². The number of benzene rings is 3. The van der Waals surface area contributed by atoms with Crippen LogP contribution in [0.5, 0.6) is 0 Å². The molecule has 8 heteroatoms. The summed E-state index contributed by atoms with van der Waals surface area (Å²) in [7, 11) is 0. The van der Waals surface area contributed by atoms with Crippen LogP contribution in [0.2, 0.25) is 0 Å². The maximum absolute atomic E-state index is 13.4. The van der Waals surface area contributed by atoms with Crippen molar-refractivity contribution in [3.8, 4) is 28.2 Å². The highest BCUT2D eigenvalue weighted by Gasteiger charge is 2.40. The quantitative estimate of drug-likeness (QED) is 0.115. The topological polar surface area (TPSA) is 93.4 Å². The largest absolute Gasteiger partial charge is 0.458 e. The van der Waals surface area contributed by atoms with Crippen LogP contribution in [0.4, 0.5) is 0 Å². The lowest BCUT2D eigenvalue weighted by atomic mass is 9.78.